The predicted octanol–water partition coefficient (Wildman–Crippen LogP) is 4.22. The first kappa shape index (κ1) is 10.5. The maximum Gasteiger partial charge on any atom is 0.191 e. The van der Waals surface area contributed by atoms with Gasteiger partial charge in [0, 0.05) is 0 Å². The molecular weight excluding hydrogens is 228 g/mol. The predicted molar refractivity (Wildman–Crippen MR) is 39.7 cm³/mol. The molecule has 0 amide bonds. The fraction of sp³-hybridized carbons (Fsp3) is 0. The van der Waals surface area contributed by atoms with Crippen molar-refractivity contribution in [3.05, 3.63) is 20.6 Å². The third-order valence-electron chi connectivity index (χ3n) is 0.525. The van der Waals surface area contributed by atoms with Gasteiger partial charge in [0.25, 0.3) is 0 Å². The van der Waals surface area contributed by atoms with E-state index in [1.807, 2.05) is 0 Å². The summed E-state index contributed by atoms with van der Waals surface area (Å²) in [6, 6.07) is 0. The van der Waals surface area contributed by atoms with Crippen molar-refractivity contribution >= 4 is 46.4 Å². The lowest BCUT2D eigenvalue weighted by atomic mass is 10.5. The van der Waals surface area contributed by atoms with Crippen LogP contribution in [0.5, 0.6) is 0 Å². The smallest absolute Gasteiger partial charge is 0.191 e. The van der Waals surface area contributed by atoms with E-state index in [2.05, 4.69) is 0 Å². The van der Waals surface area contributed by atoms with Crippen molar-refractivity contribution in [2.24, 2.45) is 0 Å². The van der Waals surface area contributed by atoms with E-state index in [1.165, 1.54) is 0 Å². The lowest BCUT2D eigenvalue weighted by Gasteiger charge is -1.91. The summed E-state index contributed by atoms with van der Waals surface area (Å²) in [4.78, 5) is 0. The van der Waals surface area contributed by atoms with Crippen LogP contribution in [0.15, 0.2) is 20.6 Å². The first-order valence-electron chi connectivity index (χ1n) is 1.88. The van der Waals surface area contributed by atoms with Crippen LogP contribution in [0.3, 0.4) is 0 Å². The molecule has 0 heterocycles. The summed E-state index contributed by atoms with van der Waals surface area (Å²) in [5.41, 5.74) is 0. The zero-order valence-electron chi connectivity index (χ0n) is 4.27. The maximum absolute atomic E-state index is 12.2. The van der Waals surface area contributed by atoms with Crippen LogP contribution in [-0.2, 0) is 0 Å². The molecule has 0 atom stereocenters. The van der Waals surface area contributed by atoms with E-state index in [-0.39, 0.29) is 0 Å². The molecule has 0 aliphatic heterocycles. The van der Waals surface area contributed by atoms with Crippen molar-refractivity contribution in [2.75, 3.05) is 0 Å². The molecule has 0 aromatic rings. The summed E-state index contributed by atoms with van der Waals surface area (Å²) in [5.74, 6) is -2.94. The van der Waals surface area contributed by atoms with Gasteiger partial charge in [-0.05, 0) is 0 Å². The average molecular weight is 228 g/mol. The highest BCUT2D eigenvalue weighted by molar-refractivity contribution is 6.57. The molecule has 6 heteroatoms. The van der Waals surface area contributed by atoms with Crippen LogP contribution in [0.4, 0.5) is 8.78 Å². The molecule has 0 aromatic carbocycles. The molecule has 0 rings (SSSR count). The maximum atomic E-state index is 12.2. The Morgan fingerprint density at radius 1 is 0.700 bits per heavy atom. The van der Waals surface area contributed by atoms with Gasteiger partial charge < -0.3 is 0 Å². The summed E-state index contributed by atoms with van der Waals surface area (Å²) in [5, 5.41) is 0. The lowest BCUT2D eigenvalue weighted by Crippen LogP contribution is -1.76. The molecule has 10 heavy (non-hydrogen) atoms. The Morgan fingerprint density at radius 3 is 1.00 bits per heavy atom. The molecule has 0 aliphatic rings. The molecule has 0 nitrogen and oxygen atoms in total. The minimum Gasteiger partial charge on any atom is -0.201 e. The topological polar surface area (TPSA) is 0 Å². The number of hydrogen-bond donors (Lipinski definition) is 0. The highest BCUT2D eigenvalue weighted by atomic mass is 35.5. The highest BCUT2D eigenvalue weighted by Crippen LogP contribution is 2.28. The van der Waals surface area contributed by atoms with Gasteiger partial charge >= 0.3 is 0 Å². The van der Waals surface area contributed by atoms with Crippen LogP contribution < -0.4 is 0 Å². The number of rotatable bonds is 1. The van der Waals surface area contributed by atoms with Crippen molar-refractivity contribution in [1.29, 1.82) is 0 Å². The number of hydrogen-bond acceptors (Lipinski definition) is 0. The molecule has 0 aliphatic carbocycles. The molecule has 58 valence electrons. The summed E-state index contributed by atoms with van der Waals surface area (Å²) in [6.07, 6.45) is 0. The van der Waals surface area contributed by atoms with E-state index in [0.29, 0.717) is 0 Å². The third kappa shape index (κ3) is 3.06. The zero-order chi connectivity index (χ0) is 8.31. The van der Waals surface area contributed by atoms with E-state index in [9.17, 15) is 8.78 Å². The van der Waals surface area contributed by atoms with Crippen LogP contribution in [-0.4, -0.2) is 0 Å². The molecule has 0 radical (unpaired) electrons. The highest BCUT2D eigenvalue weighted by Gasteiger charge is 2.11. The van der Waals surface area contributed by atoms with Crippen LogP contribution in [0.25, 0.3) is 0 Å². The van der Waals surface area contributed by atoms with Gasteiger partial charge in [0.15, 0.2) is 11.7 Å². The largest absolute Gasteiger partial charge is 0.201 e. The van der Waals surface area contributed by atoms with Crippen LogP contribution >= 0.6 is 46.4 Å². The van der Waals surface area contributed by atoms with E-state index in [4.69, 9.17) is 46.4 Å². The Balaban J connectivity index is 4.71. The minimum absolute atomic E-state index is 0.851. The quantitative estimate of drug-likeness (QED) is 0.589. The van der Waals surface area contributed by atoms with Crippen LogP contribution in [0, 0.1) is 0 Å². The Labute approximate surface area is 76.0 Å². The summed E-state index contributed by atoms with van der Waals surface area (Å²) >= 11 is 19.4. The Morgan fingerprint density at radius 2 is 0.900 bits per heavy atom. The van der Waals surface area contributed by atoms with E-state index in [0.717, 1.165) is 0 Å². The van der Waals surface area contributed by atoms with Crippen molar-refractivity contribution in [1.82, 2.24) is 0 Å². The van der Waals surface area contributed by atoms with Gasteiger partial charge in [-0.15, -0.1) is 0 Å². The minimum atomic E-state index is -1.47. The average Bonchev–Trinajstić information content (AvgIpc) is 1.84. The van der Waals surface area contributed by atoms with Gasteiger partial charge in [-0.1, -0.05) is 46.4 Å². The van der Waals surface area contributed by atoms with Gasteiger partial charge in [0.1, 0.15) is 8.98 Å². The third-order valence-corrected chi connectivity index (χ3v) is 1.19. The monoisotopic (exact) mass is 226 g/mol. The van der Waals surface area contributed by atoms with Gasteiger partial charge in [0.05, 0.1) is 0 Å². The SMILES string of the molecule is FC(=C(Cl)Cl)C(F)=C(Cl)Cl. The van der Waals surface area contributed by atoms with E-state index < -0.39 is 20.6 Å². The molecule has 0 saturated heterocycles. The van der Waals surface area contributed by atoms with Gasteiger partial charge in [-0.3, -0.25) is 0 Å². The molecule has 0 fully saturated rings. The molecule has 0 unspecified atom stereocenters. The molecule has 0 saturated carbocycles. The Kier molecular flexibility index (Phi) is 4.61. The fourth-order valence-corrected chi connectivity index (χ4v) is 0.498. The van der Waals surface area contributed by atoms with Crippen LogP contribution in [0.1, 0.15) is 0 Å². The second kappa shape index (κ2) is 4.39. The standard InChI is InChI=1S/C4Cl4F2/c5-3(6)1(9)2(10)4(7)8. The molecule has 0 spiro atoms. The number of halogens is 6. The molecule has 0 bridgehead atoms. The first-order valence-corrected chi connectivity index (χ1v) is 3.40. The molecular formula is C4Cl4F2. The second-order valence-corrected chi connectivity index (χ2v) is 3.05. The van der Waals surface area contributed by atoms with Gasteiger partial charge in [-0.2, -0.15) is 0 Å². The Hall–Kier alpha value is 0.500. The second-order valence-electron chi connectivity index (χ2n) is 1.15. The normalized spacial score (nSPS) is 9.00. The fourth-order valence-electron chi connectivity index (χ4n) is 0.166. The summed E-state index contributed by atoms with van der Waals surface area (Å²) in [6.45, 7) is 0. The van der Waals surface area contributed by atoms with Crippen molar-refractivity contribution < 1.29 is 8.78 Å². The summed E-state index contributed by atoms with van der Waals surface area (Å²) < 4.78 is 22.7. The van der Waals surface area contributed by atoms with Crippen molar-refractivity contribution in [3.63, 3.8) is 0 Å². The number of allylic oxidation sites excluding steroid dienone is 2. The molecule has 0 N–H and O–H groups in total. The summed E-state index contributed by atoms with van der Waals surface area (Å²) in [7, 11) is 0. The lowest BCUT2D eigenvalue weighted by molar-refractivity contribution is 0.545. The van der Waals surface area contributed by atoms with E-state index >= 15 is 0 Å². The van der Waals surface area contributed by atoms with E-state index in [1.54, 1.807) is 0 Å². The first-order chi connectivity index (χ1) is 4.46. The van der Waals surface area contributed by atoms with Crippen LogP contribution in [0.2, 0.25) is 0 Å². The van der Waals surface area contributed by atoms with Gasteiger partial charge in [-0.25, -0.2) is 8.78 Å². The van der Waals surface area contributed by atoms with Crippen molar-refractivity contribution in [2.45, 2.75) is 0 Å². The molecule has 0 aromatic heterocycles. The van der Waals surface area contributed by atoms with Gasteiger partial charge in [0.2, 0.25) is 0 Å². The van der Waals surface area contributed by atoms with Crippen molar-refractivity contribution in [3.8, 4) is 0 Å². The zero-order valence-corrected chi connectivity index (χ0v) is 7.29. The Bertz CT molecular complexity index is 165.